The van der Waals surface area contributed by atoms with Crippen LogP contribution >= 0.6 is 0 Å². The SMILES string of the molecule is C=CCn1nnc(-c2ccc(-c3ccc(OCOC)cc3)cc2)n1. The normalized spacial score (nSPS) is 10.5. The van der Waals surface area contributed by atoms with Crippen LogP contribution in [0.2, 0.25) is 0 Å². The molecule has 0 fully saturated rings. The number of hydrogen-bond acceptors (Lipinski definition) is 5. The molecule has 0 amide bonds. The van der Waals surface area contributed by atoms with Crippen molar-refractivity contribution in [3.05, 3.63) is 61.2 Å². The van der Waals surface area contributed by atoms with E-state index in [0.717, 1.165) is 22.4 Å². The largest absolute Gasteiger partial charge is 0.468 e. The number of tetrazole rings is 1. The van der Waals surface area contributed by atoms with Crippen LogP contribution in [0, 0.1) is 0 Å². The van der Waals surface area contributed by atoms with E-state index in [1.54, 1.807) is 13.2 Å². The van der Waals surface area contributed by atoms with Crippen molar-refractivity contribution in [3.63, 3.8) is 0 Å². The molecule has 0 aliphatic carbocycles. The predicted molar refractivity (Wildman–Crippen MR) is 91.4 cm³/mol. The molecule has 0 N–H and O–H groups in total. The second kappa shape index (κ2) is 7.52. The summed E-state index contributed by atoms with van der Waals surface area (Å²) >= 11 is 0. The molecule has 6 nitrogen and oxygen atoms in total. The first-order chi connectivity index (χ1) is 11.8. The number of nitrogens with zero attached hydrogens (tertiary/aromatic N) is 4. The van der Waals surface area contributed by atoms with Gasteiger partial charge in [-0.3, -0.25) is 0 Å². The van der Waals surface area contributed by atoms with Crippen molar-refractivity contribution < 1.29 is 9.47 Å². The molecule has 1 aromatic heterocycles. The molecule has 2 aromatic carbocycles. The third-order valence-electron chi connectivity index (χ3n) is 3.42. The summed E-state index contributed by atoms with van der Waals surface area (Å²) in [7, 11) is 1.60. The monoisotopic (exact) mass is 322 g/mol. The van der Waals surface area contributed by atoms with Gasteiger partial charge in [0.05, 0.1) is 6.54 Å². The van der Waals surface area contributed by atoms with Crippen LogP contribution in [0.15, 0.2) is 61.2 Å². The summed E-state index contributed by atoms with van der Waals surface area (Å²) in [5.41, 5.74) is 3.14. The first-order valence-corrected chi connectivity index (χ1v) is 7.51. The third-order valence-corrected chi connectivity index (χ3v) is 3.42. The summed E-state index contributed by atoms with van der Waals surface area (Å²) in [6.07, 6.45) is 1.73. The van der Waals surface area contributed by atoms with E-state index in [4.69, 9.17) is 9.47 Å². The molecule has 3 rings (SSSR count). The third kappa shape index (κ3) is 3.67. The van der Waals surface area contributed by atoms with Gasteiger partial charge in [0.15, 0.2) is 6.79 Å². The molecule has 0 atom stereocenters. The van der Waals surface area contributed by atoms with Crippen LogP contribution in [-0.4, -0.2) is 34.1 Å². The van der Waals surface area contributed by atoms with E-state index in [1.165, 1.54) is 4.80 Å². The lowest BCUT2D eigenvalue weighted by molar-refractivity contribution is 0.0511. The maximum Gasteiger partial charge on any atom is 0.204 e. The highest BCUT2D eigenvalue weighted by atomic mass is 16.7. The molecular formula is C18H18N4O2. The van der Waals surface area contributed by atoms with Crippen LogP contribution < -0.4 is 4.74 Å². The Morgan fingerprint density at radius 2 is 1.62 bits per heavy atom. The van der Waals surface area contributed by atoms with Crippen molar-refractivity contribution in [2.45, 2.75) is 6.54 Å². The molecule has 0 spiro atoms. The maximum absolute atomic E-state index is 5.39. The van der Waals surface area contributed by atoms with E-state index in [0.29, 0.717) is 12.4 Å². The van der Waals surface area contributed by atoms with E-state index in [9.17, 15) is 0 Å². The van der Waals surface area contributed by atoms with Crippen molar-refractivity contribution in [1.82, 2.24) is 20.2 Å². The van der Waals surface area contributed by atoms with Crippen molar-refractivity contribution in [1.29, 1.82) is 0 Å². The number of ether oxygens (including phenoxy) is 2. The van der Waals surface area contributed by atoms with Gasteiger partial charge in [-0.1, -0.05) is 42.5 Å². The minimum Gasteiger partial charge on any atom is -0.468 e. The van der Waals surface area contributed by atoms with E-state index in [-0.39, 0.29) is 6.79 Å². The summed E-state index contributed by atoms with van der Waals surface area (Å²) in [4.78, 5) is 1.51. The Morgan fingerprint density at radius 1 is 1.00 bits per heavy atom. The van der Waals surface area contributed by atoms with Crippen LogP contribution in [0.5, 0.6) is 5.75 Å². The number of hydrogen-bond donors (Lipinski definition) is 0. The van der Waals surface area contributed by atoms with Gasteiger partial charge in [-0.15, -0.1) is 16.8 Å². The summed E-state index contributed by atoms with van der Waals surface area (Å²) in [6, 6.07) is 15.9. The second-order valence-electron chi connectivity index (χ2n) is 5.11. The van der Waals surface area contributed by atoms with Gasteiger partial charge in [-0.2, -0.15) is 4.80 Å². The molecule has 0 saturated carbocycles. The lowest BCUT2D eigenvalue weighted by atomic mass is 10.0. The topological polar surface area (TPSA) is 62.1 Å². The van der Waals surface area contributed by atoms with Gasteiger partial charge in [0.25, 0.3) is 0 Å². The van der Waals surface area contributed by atoms with Crippen LogP contribution in [0.3, 0.4) is 0 Å². The molecule has 0 radical (unpaired) electrons. The average Bonchev–Trinajstić information content (AvgIpc) is 3.10. The standard InChI is InChI=1S/C18H18N4O2/c1-3-12-22-20-18(19-21-22)16-6-4-14(5-7-16)15-8-10-17(11-9-15)24-13-23-2/h3-11H,1,12-13H2,2H3. The van der Waals surface area contributed by atoms with Crippen LogP contribution in [0.1, 0.15) is 0 Å². The number of rotatable bonds is 7. The van der Waals surface area contributed by atoms with Gasteiger partial charge in [-0.05, 0) is 28.5 Å². The fourth-order valence-corrected chi connectivity index (χ4v) is 2.23. The molecular weight excluding hydrogens is 304 g/mol. The van der Waals surface area contributed by atoms with E-state index >= 15 is 0 Å². The summed E-state index contributed by atoms with van der Waals surface area (Å²) in [5.74, 6) is 1.38. The Balaban J connectivity index is 1.74. The summed E-state index contributed by atoms with van der Waals surface area (Å²) < 4.78 is 10.3. The van der Waals surface area contributed by atoms with Crippen LogP contribution in [-0.2, 0) is 11.3 Å². The van der Waals surface area contributed by atoms with Crippen molar-refractivity contribution in [3.8, 4) is 28.3 Å². The van der Waals surface area contributed by atoms with Gasteiger partial charge in [-0.25, -0.2) is 0 Å². The molecule has 0 aliphatic heterocycles. The van der Waals surface area contributed by atoms with Gasteiger partial charge in [0, 0.05) is 12.7 Å². The first kappa shape index (κ1) is 15.9. The number of benzene rings is 2. The lowest BCUT2D eigenvalue weighted by Crippen LogP contribution is -1.99. The van der Waals surface area contributed by atoms with Crippen molar-refractivity contribution in [2.24, 2.45) is 0 Å². The van der Waals surface area contributed by atoms with E-state index in [2.05, 4.69) is 22.0 Å². The van der Waals surface area contributed by atoms with Crippen molar-refractivity contribution >= 4 is 0 Å². The molecule has 0 bridgehead atoms. The highest BCUT2D eigenvalue weighted by Crippen LogP contribution is 2.24. The fraction of sp³-hybridized carbons (Fsp3) is 0.167. The number of allylic oxidation sites excluding steroid dienone is 1. The Kier molecular flexibility index (Phi) is 4.98. The van der Waals surface area contributed by atoms with Crippen LogP contribution in [0.25, 0.3) is 22.5 Å². The molecule has 24 heavy (non-hydrogen) atoms. The lowest BCUT2D eigenvalue weighted by Gasteiger charge is -2.06. The quantitative estimate of drug-likeness (QED) is 0.494. The molecule has 6 heteroatoms. The highest BCUT2D eigenvalue weighted by molar-refractivity contribution is 5.68. The molecule has 3 aromatic rings. The van der Waals surface area contributed by atoms with E-state index < -0.39 is 0 Å². The molecule has 0 unspecified atom stereocenters. The first-order valence-electron chi connectivity index (χ1n) is 7.51. The van der Waals surface area contributed by atoms with Gasteiger partial charge < -0.3 is 9.47 Å². The number of methoxy groups -OCH3 is 1. The smallest absolute Gasteiger partial charge is 0.204 e. The Labute approximate surface area is 140 Å². The Morgan fingerprint density at radius 3 is 2.25 bits per heavy atom. The minimum absolute atomic E-state index is 0.244. The zero-order valence-electron chi connectivity index (χ0n) is 13.4. The molecule has 0 saturated heterocycles. The van der Waals surface area contributed by atoms with Gasteiger partial charge >= 0.3 is 0 Å². The molecule has 122 valence electrons. The van der Waals surface area contributed by atoms with Gasteiger partial charge in [0.1, 0.15) is 5.75 Å². The predicted octanol–water partition coefficient (Wildman–Crippen LogP) is 3.18. The minimum atomic E-state index is 0.244. The summed E-state index contributed by atoms with van der Waals surface area (Å²) in [6.45, 7) is 4.45. The zero-order chi connectivity index (χ0) is 16.8. The van der Waals surface area contributed by atoms with Crippen molar-refractivity contribution in [2.75, 3.05) is 13.9 Å². The van der Waals surface area contributed by atoms with Gasteiger partial charge in [0.2, 0.25) is 5.82 Å². The Hall–Kier alpha value is -2.99. The Bertz CT molecular complexity index is 795. The summed E-state index contributed by atoms with van der Waals surface area (Å²) in [5, 5.41) is 12.3. The second-order valence-corrected chi connectivity index (χ2v) is 5.11. The number of aromatic nitrogens is 4. The fourth-order valence-electron chi connectivity index (χ4n) is 2.23. The molecule has 0 aliphatic rings. The van der Waals surface area contributed by atoms with Crippen LogP contribution in [0.4, 0.5) is 0 Å². The maximum atomic E-state index is 5.39. The average molecular weight is 322 g/mol. The van der Waals surface area contributed by atoms with E-state index in [1.807, 2.05) is 48.5 Å². The highest BCUT2D eigenvalue weighted by Gasteiger charge is 2.06. The zero-order valence-corrected chi connectivity index (χ0v) is 13.4. The molecule has 1 heterocycles.